The molecule has 20 heavy (non-hydrogen) atoms. The van der Waals surface area contributed by atoms with Crippen LogP contribution in [0.3, 0.4) is 0 Å². The average Bonchev–Trinajstić information content (AvgIpc) is 2.45. The second-order valence-corrected chi connectivity index (χ2v) is 5.00. The van der Waals surface area contributed by atoms with E-state index in [1.54, 1.807) is 0 Å². The van der Waals surface area contributed by atoms with Crippen LogP contribution in [0.25, 0.3) is 0 Å². The normalized spacial score (nSPS) is 16.9. The van der Waals surface area contributed by atoms with E-state index in [0.717, 1.165) is 25.9 Å². The number of likely N-dealkylation sites (tertiary alicyclic amines) is 1. The van der Waals surface area contributed by atoms with Gasteiger partial charge in [-0.2, -0.15) is 0 Å². The maximum absolute atomic E-state index is 14.1. The molecule has 0 spiro atoms. The Morgan fingerprint density at radius 1 is 1.40 bits per heavy atom. The van der Waals surface area contributed by atoms with Crippen LogP contribution in [-0.2, 0) is 0 Å². The van der Waals surface area contributed by atoms with E-state index in [0.29, 0.717) is 18.6 Å². The smallest absolute Gasteiger partial charge is 0.175 e. The van der Waals surface area contributed by atoms with Crippen molar-refractivity contribution in [2.24, 2.45) is 0 Å². The van der Waals surface area contributed by atoms with Gasteiger partial charge in [-0.25, -0.2) is 4.39 Å². The minimum atomic E-state index is -0.609. The molecule has 1 saturated heterocycles. The Labute approximate surface area is 118 Å². The molecule has 0 radical (unpaired) electrons. The van der Waals surface area contributed by atoms with Crippen molar-refractivity contribution in [2.75, 3.05) is 26.7 Å². The van der Waals surface area contributed by atoms with Gasteiger partial charge in [-0.1, -0.05) is 0 Å². The Morgan fingerprint density at radius 3 is 2.70 bits per heavy atom. The van der Waals surface area contributed by atoms with Gasteiger partial charge in [-0.3, -0.25) is 4.79 Å². The van der Waals surface area contributed by atoms with Gasteiger partial charge < -0.3 is 14.4 Å². The predicted octanol–water partition coefficient (Wildman–Crippen LogP) is 2.51. The molecule has 1 fully saturated rings. The summed E-state index contributed by atoms with van der Waals surface area (Å²) in [6.07, 6.45) is 2.17. The topological polar surface area (TPSA) is 38.8 Å². The first kappa shape index (κ1) is 14.8. The quantitative estimate of drug-likeness (QED) is 0.777. The van der Waals surface area contributed by atoms with E-state index < -0.39 is 5.82 Å². The van der Waals surface area contributed by atoms with Gasteiger partial charge in [0, 0.05) is 19.2 Å². The highest BCUT2D eigenvalue weighted by Gasteiger charge is 2.21. The molecule has 5 heteroatoms. The molecule has 1 aliphatic heterocycles. The van der Waals surface area contributed by atoms with Gasteiger partial charge in [-0.05, 0) is 32.9 Å². The molecule has 1 aliphatic rings. The number of halogens is 1. The summed E-state index contributed by atoms with van der Waals surface area (Å²) in [6, 6.07) is 2.91. The number of hydrogen-bond acceptors (Lipinski definition) is 4. The van der Waals surface area contributed by atoms with Crippen LogP contribution in [-0.4, -0.2) is 44.0 Å². The molecule has 0 bridgehead atoms. The molecule has 0 saturated carbocycles. The largest absolute Gasteiger partial charge is 0.494 e. The van der Waals surface area contributed by atoms with Gasteiger partial charge in [0.2, 0.25) is 0 Å². The molecule has 1 heterocycles. The zero-order valence-electron chi connectivity index (χ0n) is 11.9. The summed E-state index contributed by atoms with van der Waals surface area (Å²) >= 11 is 0. The summed E-state index contributed by atoms with van der Waals surface area (Å²) in [5.41, 5.74) is -0.0288. The first-order chi connectivity index (χ1) is 9.63. The summed E-state index contributed by atoms with van der Waals surface area (Å²) in [4.78, 5) is 13.1. The number of carbonyl (C=O) groups excluding carboxylic acids is 1. The first-order valence-corrected chi connectivity index (χ1v) is 6.90. The number of rotatable bonds is 5. The van der Waals surface area contributed by atoms with Crippen molar-refractivity contribution < 1.29 is 18.7 Å². The molecular formula is C15H20FNO3. The lowest BCUT2D eigenvalue weighted by atomic mass is 10.1. The molecule has 0 atom stereocenters. The number of piperidine rings is 1. The summed E-state index contributed by atoms with van der Waals surface area (Å²) in [5, 5.41) is 0. The SMILES string of the molecule is CCOc1cc(C=O)c(F)c(OC2CCN(C)CC2)c1. The summed E-state index contributed by atoms with van der Waals surface area (Å²) < 4.78 is 25.2. The van der Waals surface area contributed by atoms with E-state index in [4.69, 9.17) is 9.47 Å². The highest BCUT2D eigenvalue weighted by Crippen LogP contribution is 2.29. The van der Waals surface area contributed by atoms with E-state index in [1.165, 1.54) is 12.1 Å². The number of ether oxygens (including phenoxy) is 2. The first-order valence-electron chi connectivity index (χ1n) is 6.90. The number of benzene rings is 1. The van der Waals surface area contributed by atoms with Crippen molar-refractivity contribution in [3.8, 4) is 11.5 Å². The van der Waals surface area contributed by atoms with E-state index in [9.17, 15) is 9.18 Å². The molecule has 4 nitrogen and oxygen atoms in total. The van der Waals surface area contributed by atoms with Gasteiger partial charge in [0.25, 0.3) is 0 Å². The van der Waals surface area contributed by atoms with Gasteiger partial charge in [0.05, 0.1) is 12.2 Å². The van der Waals surface area contributed by atoms with Gasteiger partial charge >= 0.3 is 0 Å². The predicted molar refractivity (Wildman–Crippen MR) is 74.1 cm³/mol. The molecule has 0 N–H and O–H groups in total. The minimum Gasteiger partial charge on any atom is -0.494 e. The summed E-state index contributed by atoms with van der Waals surface area (Å²) in [5.74, 6) is -0.0473. The van der Waals surface area contributed by atoms with Crippen LogP contribution in [0, 0.1) is 5.82 Å². The maximum Gasteiger partial charge on any atom is 0.175 e. The Kier molecular flexibility index (Phi) is 4.95. The number of nitrogens with zero attached hydrogens (tertiary/aromatic N) is 1. The van der Waals surface area contributed by atoms with Crippen LogP contribution in [0.15, 0.2) is 12.1 Å². The minimum absolute atomic E-state index is 0.0166. The van der Waals surface area contributed by atoms with E-state index >= 15 is 0 Å². The van der Waals surface area contributed by atoms with Crippen molar-refractivity contribution in [1.82, 2.24) is 4.90 Å². The van der Waals surface area contributed by atoms with E-state index in [1.807, 2.05) is 6.92 Å². The highest BCUT2D eigenvalue weighted by atomic mass is 19.1. The van der Waals surface area contributed by atoms with Crippen LogP contribution < -0.4 is 9.47 Å². The lowest BCUT2D eigenvalue weighted by Gasteiger charge is -2.29. The Balaban J connectivity index is 2.16. The summed E-state index contributed by atoms with van der Waals surface area (Å²) in [7, 11) is 2.05. The zero-order valence-corrected chi connectivity index (χ0v) is 11.9. The van der Waals surface area contributed by atoms with Gasteiger partial charge in [-0.15, -0.1) is 0 Å². The molecule has 0 amide bonds. The summed E-state index contributed by atoms with van der Waals surface area (Å²) in [6.45, 7) is 4.15. The second kappa shape index (κ2) is 6.70. The highest BCUT2D eigenvalue weighted by molar-refractivity contribution is 5.77. The Morgan fingerprint density at radius 2 is 2.10 bits per heavy atom. The Hall–Kier alpha value is -1.62. The van der Waals surface area contributed by atoms with Crippen molar-refractivity contribution in [3.05, 3.63) is 23.5 Å². The third kappa shape index (κ3) is 3.48. The second-order valence-electron chi connectivity index (χ2n) is 5.00. The van der Waals surface area contributed by atoms with Crippen LogP contribution in [0.4, 0.5) is 4.39 Å². The number of hydrogen-bond donors (Lipinski definition) is 0. The van der Waals surface area contributed by atoms with Crippen molar-refractivity contribution in [2.45, 2.75) is 25.9 Å². The van der Waals surface area contributed by atoms with Crippen molar-refractivity contribution >= 4 is 6.29 Å². The molecule has 0 aliphatic carbocycles. The fourth-order valence-electron chi connectivity index (χ4n) is 2.30. The van der Waals surface area contributed by atoms with Crippen LogP contribution >= 0.6 is 0 Å². The molecule has 0 aromatic heterocycles. The van der Waals surface area contributed by atoms with Crippen LogP contribution in [0.5, 0.6) is 11.5 Å². The van der Waals surface area contributed by atoms with Gasteiger partial charge in [0.1, 0.15) is 11.9 Å². The third-order valence-corrected chi connectivity index (χ3v) is 3.44. The molecule has 0 unspecified atom stereocenters. The standard InChI is InChI=1S/C15H20FNO3/c1-3-19-13-8-11(10-18)15(16)14(9-13)20-12-4-6-17(2)7-5-12/h8-10,12H,3-7H2,1-2H3. The molecule has 110 valence electrons. The fraction of sp³-hybridized carbons (Fsp3) is 0.533. The molecule has 2 rings (SSSR count). The number of carbonyl (C=O) groups is 1. The van der Waals surface area contributed by atoms with Crippen molar-refractivity contribution in [1.29, 1.82) is 0 Å². The lowest BCUT2D eigenvalue weighted by molar-refractivity contribution is 0.107. The maximum atomic E-state index is 14.1. The third-order valence-electron chi connectivity index (χ3n) is 3.44. The zero-order chi connectivity index (χ0) is 14.5. The van der Waals surface area contributed by atoms with Crippen LogP contribution in [0.2, 0.25) is 0 Å². The van der Waals surface area contributed by atoms with Crippen molar-refractivity contribution in [3.63, 3.8) is 0 Å². The fourth-order valence-corrected chi connectivity index (χ4v) is 2.30. The lowest BCUT2D eigenvalue weighted by Crippen LogP contribution is -2.35. The number of aldehydes is 1. The monoisotopic (exact) mass is 281 g/mol. The molecule has 1 aromatic carbocycles. The van der Waals surface area contributed by atoms with E-state index in [-0.39, 0.29) is 17.4 Å². The Bertz CT molecular complexity index is 470. The van der Waals surface area contributed by atoms with Crippen LogP contribution in [0.1, 0.15) is 30.1 Å². The molecule has 1 aromatic rings. The average molecular weight is 281 g/mol. The van der Waals surface area contributed by atoms with E-state index in [2.05, 4.69) is 11.9 Å². The molecular weight excluding hydrogens is 261 g/mol. The van der Waals surface area contributed by atoms with Gasteiger partial charge in [0.15, 0.2) is 17.9 Å².